The molecule has 0 bridgehead atoms. The summed E-state index contributed by atoms with van der Waals surface area (Å²) in [6.45, 7) is 53.0. The van der Waals surface area contributed by atoms with Crippen LogP contribution >= 0.6 is 0 Å². The average molecular weight is 1650 g/mol. The van der Waals surface area contributed by atoms with Crippen molar-refractivity contribution in [2.24, 2.45) is 27.1 Å². The molecule has 4 heterocycles. The second kappa shape index (κ2) is 30.5. The monoisotopic (exact) mass is 1650 g/mol. The van der Waals surface area contributed by atoms with E-state index in [0.29, 0.717) is 161 Å². The third-order valence-corrected chi connectivity index (χ3v) is 23.8. The number of benzene rings is 13. The molecule has 0 N–H and O–H groups in total. The minimum absolute atomic E-state index is 0.216. The first kappa shape index (κ1) is 65.7. The van der Waals surface area contributed by atoms with E-state index >= 15 is 0 Å². The van der Waals surface area contributed by atoms with Crippen LogP contribution < -0.4 is 26.2 Å². The highest BCUT2D eigenvalue weighted by Crippen LogP contribution is 2.57. The molecule has 0 aliphatic carbocycles. The Bertz CT molecular complexity index is 7140. The zero-order chi connectivity index (χ0) is 104. The quantitative estimate of drug-likeness (QED) is 0.107. The number of para-hydroxylation sites is 2. The predicted molar refractivity (Wildman–Crippen MR) is 541 cm³/mol. The van der Waals surface area contributed by atoms with Gasteiger partial charge in [-0.15, -0.1) is 0 Å². The summed E-state index contributed by atoms with van der Waals surface area (Å²) in [5, 5.41) is 1.83. The van der Waals surface area contributed by atoms with Crippen molar-refractivity contribution in [1.29, 1.82) is 0 Å². The Morgan fingerprint density at radius 2 is 0.565 bits per heavy atom. The van der Waals surface area contributed by atoms with Crippen molar-refractivity contribution in [3.63, 3.8) is 0 Å². The first-order chi connectivity index (χ1) is 65.3. The Balaban J connectivity index is 1.16. The molecule has 124 heavy (non-hydrogen) atoms. The Labute approximate surface area is 768 Å². The van der Waals surface area contributed by atoms with Crippen LogP contribution in [0.1, 0.15) is 262 Å². The number of hydrogen-bond donors (Lipinski definition) is 0. The maximum absolute atomic E-state index is 11.3. The smallest absolute Gasteiger partial charge is 0.252 e. The van der Waals surface area contributed by atoms with Gasteiger partial charge in [-0.25, -0.2) is 0 Å². The summed E-state index contributed by atoms with van der Waals surface area (Å²) < 4.78 is 187. The molecule has 15 aromatic rings. The second-order valence-electron chi connectivity index (χ2n) is 44.1. The van der Waals surface area contributed by atoms with Crippen LogP contribution in [-0.4, -0.2) is 15.8 Å². The van der Waals surface area contributed by atoms with Crippen LogP contribution in [0.5, 0.6) is 0 Å². The lowest BCUT2D eigenvalue weighted by atomic mass is 9.33. The fraction of sp³-hybridized carbons (Fsp3) is 0.345. The van der Waals surface area contributed by atoms with Gasteiger partial charge in [-0.3, -0.25) is 0 Å². The van der Waals surface area contributed by atoms with Gasteiger partial charge in [-0.1, -0.05) is 345 Å². The fourth-order valence-electron chi connectivity index (χ4n) is 18.4. The number of rotatable bonds is 13. The third kappa shape index (κ3) is 16.7. The zero-order valence-corrected chi connectivity index (χ0v) is 78.0. The van der Waals surface area contributed by atoms with E-state index in [-0.39, 0.29) is 40.8 Å². The van der Waals surface area contributed by atoms with E-state index in [2.05, 4.69) is 154 Å². The number of fused-ring (bicyclic) bond motifs is 10. The van der Waals surface area contributed by atoms with Crippen molar-refractivity contribution < 1.29 is 24.7 Å². The third-order valence-electron chi connectivity index (χ3n) is 23.8. The largest absolute Gasteiger partial charge is 0.310 e. The van der Waals surface area contributed by atoms with Crippen LogP contribution in [0.4, 0.5) is 34.1 Å². The van der Waals surface area contributed by atoms with E-state index in [4.69, 9.17) is 0 Å². The molecule has 0 amide bonds. The molecule has 5 heteroatoms. The van der Waals surface area contributed by atoms with Gasteiger partial charge in [-0.05, 0) is 266 Å². The normalized spacial score (nSPS) is 16.4. The van der Waals surface area contributed by atoms with Crippen LogP contribution in [0.15, 0.2) is 255 Å². The molecule has 0 unspecified atom stereocenters. The summed E-state index contributed by atoms with van der Waals surface area (Å²) in [6, 6.07) is 65.4. The molecule has 0 atom stereocenters. The van der Waals surface area contributed by atoms with Crippen LogP contribution in [-0.2, 0) is 53.5 Å². The molecule has 0 fully saturated rings. The van der Waals surface area contributed by atoms with Crippen molar-refractivity contribution in [2.45, 2.75) is 240 Å². The molecule has 0 saturated carbocycles. The van der Waals surface area contributed by atoms with E-state index in [1.807, 2.05) is 259 Å². The van der Waals surface area contributed by atoms with Gasteiger partial charge in [0, 0.05) is 91.6 Å². The van der Waals surface area contributed by atoms with Gasteiger partial charge < -0.3 is 18.9 Å². The van der Waals surface area contributed by atoms with Crippen molar-refractivity contribution in [1.82, 2.24) is 9.13 Å². The maximum Gasteiger partial charge on any atom is 0.252 e. The highest BCUT2D eigenvalue weighted by Gasteiger charge is 2.47. The van der Waals surface area contributed by atoms with Gasteiger partial charge in [0.05, 0.1) is 44.4 Å². The molecule has 13 aromatic carbocycles. The molecular weight excluding hydrogens is 1500 g/mol. The van der Waals surface area contributed by atoms with Crippen LogP contribution in [0, 0.1) is 27.1 Å². The Morgan fingerprint density at radius 1 is 0.266 bits per heavy atom. The van der Waals surface area contributed by atoms with E-state index in [9.17, 15) is 24.7 Å². The van der Waals surface area contributed by atoms with E-state index in [0.717, 1.165) is 22.3 Å². The number of nitrogens with zero attached hydrogens (tertiary/aromatic N) is 4. The highest BCUT2D eigenvalue weighted by atomic mass is 15.2. The van der Waals surface area contributed by atoms with E-state index < -0.39 is 111 Å². The van der Waals surface area contributed by atoms with Gasteiger partial charge >= 0.3 is 0 Å². The van der Waals surface area contributed by atoms with Crippen LogP contribution in [0.2, 0.25) is 0 Å². The second-order valence-corrected chi connectivity index (χ2v) is 44.1. The lowest BCUT2D eigenvalue weighted by Crippen LogP contribution is -2.61. The van der Waals surface area contributed by atoms with Crippen molar-refractivity contribution in [2.75, 3.05) is 9.80 Å². The van der Waals surface area contributed by atoms with Gasteiger partial charge in [-0.2, -0.15) is 0 Å². The molecule has 0 radical (unpaired) electrons. The summed E-state index contributed by atoms with van der Waals surface area (Å²) in [7, 11) is 0. The van der Waals surface area contributed by atoms with Gasteiger partial charge in [0.2, 0.25) is 0 Å². The first-order valence-electron chi connectivity index (χ1n) is 53.3. The SMILES string of the molecule is [2H]c1c([2H])c([2H])c2c(c1[2H])c1cc(C(C)(C)C)ccc1n2-c1ccc2c(c1)N(c1c(-c3cccc(C([2H])([2H])C(C)(C)C)c3)cc(C(C)(C)C)cc1-c1cccc(C([2H])([2H])C(C)(C)C)c1)c1cc(C([2H])([2H])C(C)(C)C)cc3c1B2c1ccc(-n2c4ccc(C(C)(C)C)cc4c4c([2H])c([2H])c([2H])c([2H])c42)cc1N3c1c(-c2cccc(C([2H])([2H])C(C)(C)C)c2)cc(C(C)(C)C)cc1-c1cccc(C([2H])([2H])C(C)(C)C)c1. The van der Waals surface area contributed by atoms with Crippen molar-refractivity contribution in [3.05, 3.63) is 305 Å². The molecule has 17 rings (SSSR count). The molecular formula is C119H133BN4. The fourth-order valence-corrected chi connectivity index (χ4v) is 18.4. The molecule has 2 aliphatic rings. The minimum atomic E-state index is -2.30. The summed E-state index contributed by atoms with van der Waals surface area (Å²) in [4.78, 5) is 4.47. The topological polar surface area (TPSA) is 16.3 Å². The molecule has 0 saturated heterocycles. The Hall–Kier alpha value is -10.9. The van der Waals surface area contributed by atoms with Crippen molar-refractivity contribution in [3.8, 4) is 55.9 Å². The zero-order valence-electron chi connectivity index (χ0n) is 96.0. The van der Waals surface area contributed by atoms with E-state index in [1.165, 1.54) is 0 Å². The molecule has 4 nitrogen and oxygen atoms in total. The lowest BCUT2D eigenvalue weighted by Gasteiger charge is -2.46. The molecule has 632 valence electrons. The molecule has 0 spiro atoms. The number of aromatic nitrogens is 2. The Morgan fingerprint density at radius 3 is 0.863 bits per heavy atom. The number of anilines is 6. The average Bonchev–Trinajstić information content (AvgIpc) is 0.875. The maximum atomic E-state index is 11.3. The van der Waals surface area contributed by atoms with Gasteiger partial charge in [0.25, 0.3) is 6.71 Å². The Kier molecular flexibility index (Phi) is 16.2. The van der Waals surface area contributed by atoms with Crippen LogP contribution in [0.25, 0.3) is 99.5 Å². The molecule has 2 aliphatic heterocycles. The van der Waals surface area contributed by atoms with Crippen molar-refractivity contribution >= 4 is 101 Å². The highest BCUT2D eigenvalue weighted by molar-refractivity contribution is 7.00. The van der Waals surface area contributed by atoms with E-state index in [1.54, 1.807) is 0 Å². The minimum Gasteiger partial charge on any atom is -0.310 e. The predicted octanol–water partition coefficient (Wildman–Crippen LogP) is 31.8. The summed E-state index contributed by atoms with van der Waals surface area (Å²) >= 11 is 0. The first-order valence-corrected chi connectivity index (χ1v) is 44.3. The lowest BCUT2D eigenvalue weighted by molar-refractivity contribution is 0.411. The summed E-state index contributed by atoms with van der Waals surface area (Å²) in [6.07, 6.45) is -10.1. The summed E-state index contributed by atoms with van der Waals surface area (Å²) in [5.74, 6) is 0. The number of hydrogen-bond acceptors (Lipinski definition) is 2. The standard InChI is InChI=1S/C119H133BN4/c1-111(2,3)70-75-36-32-40-80(56-75)92-64-86(118(22,23)24)65-93(81-41-33-37-76(57-81)71-112(4,5)6)109(92)123-104-68-88(121-100-46-30-28-44-90(100)96-62-84(116(16,17)18)48-54-102(96)121)50-52-98(104)120-99-53-51-89(122-101-47-31-29-45-91(101)97-63-85(117(19,20)21)49-55-103(97)122)69-105(99)124(107-61-79(74-115(13,14)15)60-106(123)108(107)120)110-94(82-42-34-38-77(58-82)72-113(7,8)9)66-87(119(25,26)27)67-95(110)83-43-35-39-78(59-83)73-114(10,11)12/h28-69H,70-74H2,1-27H3/i28D,29D,30D,31D,44D,45D,46D,47D,70D2,71D2,72D2,73D2,74D2. The van der Waals surface area contributed by atoms with Gasteiger partial charge in [0.15, 0.2) is 0 Å². The van der Waals surface area contributed by atoms with Gasteiger partial charge in [0.1, 0.15) is 0 Å². The van der Waals surface area contributed by atoms with Crippen LogP contribution in [0.3, 0.4) is 0 Å². The summed E-state index contributed by atoms with van der Waals surface area (Å²) in [5.41, 5.74) is 11.0. The molecule has 2 aromatic heterocycles.